The Morgan fingerprint density at radius 1 is 1.09 bits per heavy atom. The molecule has 1 atom stereocenters. The van der Waals surface area contributed by atoms with Crippen molar-refractivity contribution in [1.29, 1.82) is 0 Å². The molecule has 0 fully saturated rings. The number of hydrogen-bond donors (Lipinski definition) is 2. The molecule has 0 saturated carbocycles. The van der Waals surface area contributed by atoms with Gasteiger partial charge in [0.05, 0.1) is 17.2 Å². The molecule has 2 amide bonds. The van der Waals surface area contributed by atoms with Crippen LogP contribution < -0.4 is 15.5 Å². The standard InChI is InChI=1S/C25H24N4O5/c1-17-8-11-21(14-23(17)29(32)33)25(31)28-26-15-19-9-12-22(13-10-19)34-16-24(30)27-18(2)20-6-4-3-5-7-20/h3-15,18H,16H2,1-2H3,(H,27,30)(H,28,31)/b26-15-/t18-/m1/s1. The molecule has 0 bridgehead atoms. The number of nitrogens with zero attached hydrogens (tertiary/aromatic N) is 2. The highest BCUT2D eigenvalue weighted by Gasteiger charge is 2.14. The van der Waals surface area contributed by atoms with E-state index in [0.717, 1.165) is 5.56 Å². The van der Waals surface area contributed by atoms with Gasteiger partial charge in [-0.15, -0.1) is 0 Å². The van der Waals surface area contributed by atoms with Crippen molar-refractivity contribution < 1.29 is 19.2 Å². The minimum atomic E-state index is -0.560. The molecule has 0 aliphatic rings. The van der Waals surface area contributed by atoms with Crippen molar-refractivity contribution in [1.82, 2.24) is 10.7 Å². The van der Waals surface area contributed by atoms with Crippen LogP contribution in [0.2, 0.25) is 0 Å². The number of benzene rings is 3. The first-order valence-electron chi connectivity index (χ1n) is 10.5. The van der Waals surface area contributed by atoms with Crippen LogP contribution in [0.5, 0.6) is 5.75 Å². The number of nitro groups is 1. The summed E-state index contributed by atoms with van der Waals surface area (Å²) in [6, 6.07) is 20.5. The van der Waals surface area contributed by atoms with Gasteiger partial charge < -0.3 is 10.1 Å². The van der Waals surface area contributed by atoms with Crippen LogP contribution in [0.3, 0.4) is 0 Å². The number of nitrogens with one attached hydrogen (secondary N) is 2. The van der Waals surface area contributed by atoms with Crippen molar-refractivity contribution in [2.45, 2.75) is 19.9 Å². The van der Waals surface area contributed by atoms with Crippen molar-refractivity contribution in [3.8, 4) is 5.75 Å². The highest BCUT2D eigenvalue weighted by atomic mass is 16.6. The Kier molecular flexibility index (Phi) is 8.07. The van der Waals surface area contributed by atoms with Gasteiger partial charge in [0, 0.05) is 17.2 Å². The van der Waals surface area contributed by atoms with Gasteiger partial charge in [-0.2, -0.15) is 5.10 Å². The molecule has 34 heavy (non-hydrogen) atoms. The molecule has 3 rings (SSSR count). The summed E-state index contributed by atoms with van der Waals surface area (Å²) < 4.78 is 5.52. The second-order valence-electron chi connectivity index (χ2n) is 7.52. The Hall–Kier alpha value is -4.53. The van der Waals surface area contributed by atoms with E-state index in [9.17, 15) is 19.7 Å². The smallest absolute Gasteiger partial charge is 0.273 e. The van der Waals surface area contributed by atoms with E-state index in [0.29, 0.717) is 16.9 Å². The Morgan fingerprint density at radius 3 is 2.47 bits per heavy atom. The second kappa shape index (κ2) is 11.4. The molecule has 3 aromatic rings. The summed E-state index contributed by atoms with van der Waals surface area (Å²) in [7, 11) is 0. The first-order valence-corrected chi connectivity index (χ1v) is 10.5. The first-order chi connectivity index (χ1) is 16.3. The lowest BCUT2D eigenvalue weighted by Crippen LogP contribution is -2.31. The van der Waals surface area contributed by atoms with Crippen LogP contribution in [0.15, 0.2) is 77.9 Å². The monoisotopic (exact) mass is 460 g/mol. The third-order valence-electron chi connectivity index (χ3n) is 4.97. The summed E-state index contributed by atoms with van der Waals surface area (Å²) in [6.07, 6.45) is 1.43. The van der Waals surface area contributed by atoms with Crippen molar-refractivity contribution in [3.63, 3.8) is 0 Å². The number of nitro benzene ring substituents is 1. The third-order valence-corrected chi connectivity index (χ3v) is 4.97. The van der Waals surface area contributed by atoms with Gasteiger partial charge in [0.25, 0.3) is 17.5 Å². The van der Waals surface area contributed by atoms with Crippen LogP contribution in [-0.2, 0) is 4.79 Å². The number of amides is 2. The number of hydrogen-bond acceptors (Lipinski definition) is 6. The summed E-state index contributed by atoms with van der Waals surface area (Å²) in [5, 5.41) is 17.8. The Labute approximate surface area is 196 Å². The Morgan fingerprint density at radius 2 is 1.79 bits per heavy atom. The van der Waals surface area contributed by atoms with E-state index < -0.39 is 10.8 Å². The quantitative estimate of drug-likeness (QED) is 0.285. The molecule has 0 spiro atoms. The molecule has 0 radical (unpaired) electrons. The molecule has 0 aromatic heterocycles. The lowest BCUT2D eigenvalue weighted by atomic mass is 10.1. The molecule has 9 heteroatoms. The predicted octanol–water partition coefficient (Wildman–Crippen LogP) is 3.92. The fourth-order valence-corrected chi connectivity index (χ4v) is 3.08. The lowest BCUT2D eigenvalue weighted by Gasteiger charge is -2.14. The Balaban J connectivity index is 1.48. The largest absolute Gasteiger partial charge is 0.484 e. The van der Waals surface area contributed by atoms with E-state index in [4.69, 9.17) is 4.74 Å². The van der Waals surface area contributed by atoms with E-state index >= 15 is 0 Å². The molecule has 9 nitrogen and oxygen atoms in total. The van der Waals surface area contributed by atoms with Gasteiger partial charge >= 0.3 is 0 Å². The number of rotatable bonds is 9. The molecule has 2 N–H and O–H groups in total. The van der Waals surface area contributed by atoms with E-state index in [-0.39, 0.29) is 29.8 Å². The van der Waals surface area contributed by atoms with E-state index in [2.05, 4.69) is 15.8 Å². The SMILES string of the molecule is Cc1ccc(C(=O)N/N=C\c2ccc(OCC(=O)N[C@H](C)c3ccccc3)cc2)cc1[N+](=O)[O-]. The molecular formula is C25H24N4O5. The zero-order valence-electron chi connectivity index (χ0n) is 18.7. The fraction of sp³-hybridized carbons (Fsp3) is 0.160. The maximum Gasteiger partial charge on any atom is 0.273 e. The number of hydrazone groups is 1. The molecule has 0 unspecified atom stereocenters. The number of aryl methyl sites for hydroxylation is 1. The van der Waals surface area contributed by atoms with Gasteiger partial charge in [-0.05, 0) is 55.3 Å². The average molecular weight is 460 g/mol. The molecule has 0 aliphatic heterocycles. The molecule has 3 aromatic carbocycles. The highest BCUT2D eigenvalue weighted by molar-refractivity contribution is 5.95. The third kappa shape index (κ3) is 6.73. The molecule has 0 heterocycles. The maximum atomic E-state index is 12.2. The van der Waals surface area contributed by atoms with Crippen molar-refractivity contribution in [2.75, 3.05) is 6.61 Å². The number of carbonyl (C=O) groups excluding carboxylic acids is 2. The van der Waals surface area contributed by atoms with Crippen LogP contribution in [0, 0.1) is 17.0 Å². The predicted molar refractivity (Wildman–Crippen MR) is 128 cm³/mol. The summed E-state index contributed by atoms with van der Waals surface area (Å²) >= 11 is 0. The van der Waals surface area contributed by atoms with Gasteiger partial charge in [0.2, 0.25) is 0 Å². The Bertz CT molecular complexity index is 1190. The fourth-order valence-electron chi connectivity index (χ4n) is 3.08. The number of ether oxygens (including phenoxy) is 1. The first kappa shape index (κ1) is 24.1. The zero-order valence-corrected chi connectivity index (χ0v) is 18.7. The van der Waals surface area contributed by atoms with Crippen molar-refractivity contribution in [3.05, 3.63) is 105 Å². The maximum absolute atomic E-state index is 12.2. The van der Waals surface area contributed by atoms with Crippen LogP contribution in [0.25, 0.3) is 0 Å². The van der Waals surface area contributed by atoms with Gasteiger partial charge in [-0.3, -0.25) is 19.7 Å². The van der Waals surface area contributed by atoms with Crippen molar-refractivity contribution >= 4 is 23.7 Å². The average Bonchev–Trinajstić information content (AvgIpc) is 2.84. The summed E-state index contributed by atoms with van der Waals surface area (Å²) in [4.78, 5) is 34.8. The highest BCUT2D eigenvalue weighted by Crippen LogP contribution is 2.19. The minimum absolute atomic E-state index is 0.122. The normalized spacial score (nSPS) is 11.6. The van der Waals surface area contributed by atoms with Crippen molar-refractivity contribution in [2.24, 2.45) is 5.10 Å². The summed E-state index contributed by atoms with van der Waals surface area (Å²) in [5.74, 6) is -0.285. The minimum Gasteiger partial charge on any atom is -0.484 e. The van der Waals surface area contributed by atoms with E-state index in [1.54, 1.807) is 31.2 Å². The van der Waals surface area contributed by atoms with E-state index in [1.807, 2.05) is 37.3 Å². The van der Waals surface area contributed by atoms with Crippen LogP contribution in [0.1, 0.15) is 40.0 Å². The van der Waals surface area contributed by atoms with E-state index in [1.165, 1.54) is 24.4 Å². The van der Waals surface area contributed by atoms with Crippen LogP contribution >= 0.6 is 0 Å². The topological polar surface area (TPSA) is 123 Å². The molecule has 0 saturated heterocycles. The van der Waals surface area contributed by atoms with Gasteiger partial charge in [0.1, 0.15) is 5.75 Å². The second-order valence-corrected chi connectivity index (χ2v) is 7.52. The van der Waals surface area contributed by atoms with Crippen LogP contribution in [0.4, 0.5) is 5.69 Å². The van der Waals surface area contributed by atoms with Gasteiger partial charge in [0.15, 0.2) is 6.61 Å². The summed E-state index contributed by atoms with van der Waals surface area (Å²) in [5.41, 5.74) is 4.51. The van der Waals surface area contributed by atoms with Crippen LogP contribution in [-0.4, -0.2) is 29.6 Å². The summed E-state index contributed by atoms with van der Waals surface area (Å²) in [6.45, 7) is 3.38. The number of carbonyl (C=O) groups is 2. The zero-order chi connectivity index (χ0) is 24.5. The van der Waals surface area contributed by atoms with Gasteiger partial charge in [-0.1, -0.05) is 36.4 Å². The lowest BCUT2D eigenvalue weighted by molar-refractivity contribution is -0.385. The molecule has 0 aliphatic carbocycles. The molecular weight excluding hydrogens is 436 g/mol. The van der Waals surface area contributed by atoms with Gasteiger partial charge in [-0.25, -0.2) is 5.43 Å². The molecule has 174 valence electrons.